The van der Waals surface area contributed by atoms with Gasteiger partial charge in [-0.15, -0.1) is 0 Å². The molecule has 0 aromatic rings. The van der Waals surface area contributed by atoms with Crippen LogP contribution in [0, 0.1) is 5.92 Å². The number of piperidine rings is 1. The van der Waals surface area contributed by atoms with Crippen molar-refractivity contribution in [3.8, 4) is 0 Å². The highest BCUT2D eigenvalue weighted by atomic mass is 16.2. The average molecular weight is 279 g/mol. The van der Waals surface area contributed by atoms with Gasteiger partial charge in [0.2, 0.25) is 5.91 Å². The molecule has 20 heavy (non-hydrogen) atoms. The Bertz CT molecular complexity index is 344. The molecule has 1 saturated heterocycles. The Kier molecular flexibility index (Phi) is 6.05. The van der Waals surface area contributed by atoms with Gasteiger partial charge in [0, 0.05) is 25.7 Å². The van der Waals surface area contributed by atoms with Crippen LogP contribution in [0.5, 0.6) is 0 Å². The average Bonchev–Trinajstić information content (AvgIpc) is 2.38. The second kappa shape index (κ2) is 7.79. The Hall–Kier alpha value is -0.870. The zero-order valence-electron chi connectivity index (χ0n) is 12.7. The zero-order chi connectivity index (χ0) is 14.4. The third kappa shape index (κ3) is 5.25. The number of rotatable bonds is 5. The van der Waals surface area contributed by atoms with Crippen LogP contribution >= 0.6 is 0 Å². The minimum Gasteiger partial charge on any atom is -0.355 e. The van der Waals surface area contributed by atoms with Crippen molar-refractivity contribution in [3.05, 3.63) is 11.6 Å². The van der Waals surface area contributed by atoms with Crippen molar-refractivity contribution >= 4 is 5.91 Å². The standard InChI is InChI=1S/C16H29N3O/c1-13-9-15(17)11-19(10-13)12-16(20)18-8-7-14-5-3-2-4-6-14/h5,13,15H,2-4,6-12,17H2,1H3,(H,18,20). The maximum atomic E-state index is 12.0. The molecule has 1 fully saturated rings. The lowest BCUT2D eigenvalue weighted by atomic mass is 9.96. The number of nitrogens with one attached hydrogen (secondary N) is 1. The first-order chi connectivity index (χ1) is 9.63. The van der Waals surface area contributed by atoms with Crippen molar-refractivity contribution in [1.29, 1.82) is 0 Å². The summed E-state index contributed by atoms with van der Waals surface area (Å²) < 4.78 is 0. The van der Waals surface area contributed by atoms with Gasteiger partial charge in [-0.25, -0.2) is 0 Å². The molecular weight excluding hydrogens is 250 g/mol. The van der Waals surface area contributed by atoms with Crippen molar-refractivity contribution in [1.82, 2.24) is 10.2 Å². The Morgan fingerprint density at radius 3 is 3.00 bits per heavy atom. The Morgan fingerprint density at radius 1 is 1.45 bits per heavy atom. The predicted octanol–water partition coefficient (Wildman–Crippen LogP) is 1.66. The monoisotopic (exact) mass is 279 g/mol. The second-order valence-electron chi connectivity index (χ2n) is 6.50. The van der Waals surface area contributed by atoms with E-state index in [0.717, 1.165) is 32.5 Å². The van der Waals surface area contributed by atoms with Crippen LogP contribution in [0.2, 0.25) is 0 Å². The lowest BCUT2D eigenvalue weighted by Crippen LogP contribution is -2.49. The van der Waals surface area contributed by atoms with E-state index in [2.05, 4.69) is 23.2 Å². The van der Waals surface area contributed by atoms with Crippen molar-refractivity contribution in [2.24, 2.45) is 11.7 Å². The SMILES string of the molecule is CC1CC(N)CN(CC(=O)NCCC2=CCCCC2)C1. The number of nitrogens with zero attached hydrogens (tertiary/aromatic N) is 1. The summed E-state index contributed by atoms with van der Waals surface area (Å²) in [6, 6.07) is 0.221. The summed E-state index contributed by atoms with van der Waals surface area (Å²) in [7, 11) is 0. The number of amides is 1. The highest BCUT2D eigenvalue weighted by Crippen LogP contribution is 2.19. The molecule has 3 N–H and O–H groups in total. The molecule has 2 atom stereocenters. The van der Waals surface area contributed by atoms with E-state index in [4.69, 9.17) is 5.73 Å². The summed E-state index contributed by atoms with van der Waals surface area (Å²) in [5.74, 6) is 0.738. The molecule has 0 aromatic carbocycles. The van der Waals surface area contributed by atoms with E-state index in [1.807, 2.05) is 0 Å². The van der Waals surface area contributed by atoms with Crippen LogP contribution in [-0.2, 0) is 4.79 Å². The van der Waals surface area contributed by atoms with Crippen LogP contribution in [0.1, 0.15) is 45.4 Å². The van der Waals surface area contributed by atoms with Gasteiger partial charge in [0.05, 0.1) is 6.54 Å². The highest BCUT2D eigenvalue weighted by Gasteiger charge is 2.23. The molecule has 1 aliphatic carbocycles. The van der Waals surface area contributed by atoms with E-state index >= 15 is 0 Å². The molecule has 0 aromatic heterocycles. The summed E-state index contributed by atoms with van der Waals surface area (Å²) in [5.41, 5.74) is 7.53. The largest absolute Gasteiger partial charge is 0.355 e. The molecule has 2 unspecified atom stereocenters. The van der Waals surface area contributed by atoms with Gasteiger partial charge in [-0.05, 0) is 44.4 Å². The van der Waals surface area contributed by atoms with Crippen molar-refractivity contribution in [2.75, 3.05) is 26.2 Å². The third-order valence-corrected chi connectivity index (χ3v) is 4.29. The van der Waals surface area contributed by atoms with Crippen molar-refractivity contribution in [3.63, 3.8) is 0 Å². The molecule has 0 spiro atoms. The van der Waals surface area contributed by atoms with Crippen molar-refractivity contribution in [2.45, 2.75) is 51.5 Å². The molecule has 0 bridgehead atoms. The van der Waals surface area contributed by atoms with Crippen LogP contribution in [0.15, 0.2) is 11.6 Å². The normalized spacial score (nSPS) is 28.0. The van der Waals surface area contributed by atoms with E-state index < -0.39 is 0 Å². The second-order valence-corrected chi connectivity index (χ2v) is 6.50. The van der Waals surface area contributed by atoms with Crippen LogP contribution in [0.3, 0.4) is 0 Å². The molecule has 1 heterocycles. The van der Waals surface area contributed by atoms with Crippen LogP contribution in [0.4, 0.5) is 0 Å². The van der Waals surface area contributed by atoms with Gasteiger partial charge < -0.3 is 11.1 Å². The molecule has 114 valence electrons. The number of hydrogen-bond donors (Lipinski definition) is 2. The Labute approximate surface area is 122 Å². The van der Waals surface area contributed by atoms with Crippen LogP contribution < -0.4 is 11.1 Å². The molecule has 2 aliphatic rings. The van der Waals surface area contributed by atoms with E-state index in [0.29, 0.717) is 12.5 Å². The maximum Gasteiger partial charge on any atom is 0.234 e. The van der Waals surface area contributed by atoms with Gasteiger partial charge in [0.1, 0.15) is 0 Å². The smallest absolute Gasteiger partial charge is 0.234 e. The van der Waals surface area contributed by atoms with Crippen LogP contribution in [-0.4, -0.2) is 43.0 Å². The van der Waals surface area contributed by atoms with Gasteiger partial charge in [-0.2, -0.15) is 0 Å². The summed E-state index contributed by atoms with van der Waals surface area (Å²) in [6.07, 6.45) is 9.50. The molecule has 4 nitrogen and oxygen atoms in total. The lowest BCUT2D eigenvalue weighted by Gasteiger charge is -2.34. The van der Waals surface area contributed by atoms with E-state index in [1.54, 1.807) is 0 Å². The van der Waals surface area contributed by atoms with Gasteiger partial charge in [-0.3, -0.25) is 9.69 Å². The Balaban J connectivity index is 1.63. The zero-order valence-corrected chi connectivity index (χ0v) is 12.7. The maximum absolute atomic E-state index is 12.0. The number of allylic oxidation sites excluding steroid dienone is 1. The first-order valence-electron chi connectivity index (χ1n) is 8.06. The summed E-state index contributed by atoms with van der Waals surface area (Å²) in [5, 5.41) is 3.04. The van der Waals surface area contributed by atoms with E-state index in [9.17, 15) is 4.79 Å². The highest BCUT2D eigenvalue weighted by molar-refractivity contribution is 5.78. The lowest BCUT2D eigenvalue weighted by molar-refractivity contribution is -0.122. The molecule has 1 amide bonds. The van der Waals surface area contributed by atoms with E-state index in [1.165, 1.54) is 31.3 Å². The predicted molar refractivity (Wildman–Crippen MR) is 82.4 cm³/mol. The first kappa shape index (κ1) is 15.5. The van der Waals surface area contributed by atoms with Crippen LogP contribution in [0.25, 0.3) is 0 Å². The summed E-state index contributed by atoms with van der Waals surface area (Å²) >= 11 is 0. The molecule has 4 heteroatoms. The van der Waals surface area contributed by atoms with E-state index in [-0.39, 0.29) is 11.9 Å². The first-order valence-corrected chi connectivity index (χ1v) is 8.06. The molecule has 1 aliphatic heterocycles. The number of likely N-dealkylation sites (tertiary alicyclic amines) is 1. The Morgan fingerprint density at radius 2 is 2.30 bits per heavy atom. The molecule has 0 saturated carbocycles. The van der Waals surface area contributed by atoms with Gasteiger partial charge in [0.15, 0.2) is 0 Å². The topological polar surface area (TPSA) is 58.4 Å². The fourth-order valence-corrected chi connectivity index (χ4v) is 3.40. The summed E-state index contributed by atoms with van der Waals surface area (Å²) in [4.78, 5) is 14.1. The minimum atomic E-state index is 0.141. The number of carbonyl (C=O) groups excluding carboxylic acids is 1. The fraction of sp³-hybridized carbons (Fsp3) is 0.812. The van der Waals surface area contributed by atoms with Crippen molar-refractivity contribution < 1.29 is 4.79 Å². The molecule has 2 rings (SSSR count). The molecular formula is C16H29N3O. The third-order valence-electron chi connectivity index (χ3n) is 4.29. The van der Waals surface area contributed by atoms with Gasteiger partial charge in [0.25, 0.3) is 0 Å². The minimum absolute atomic E-state index is 0.141. The quantitative estimate of drug-likeness (QED) is 0.753. The number of hydrogen-bond acceptors (Lipinski definition) is 3. The molecule has 0 radical (unpaired) electrons. The number of carbonyl (C=O) groups is 1. The summed E-state index contributed by atoms with van der Waals surface area (Å²) in [6.45, 7) is 5.33. The van der Waals surface area contributed by atoms with Gasteiger partial charge >= 0.3 is 0 Å². The fourth-order valence-electron chi connectivity index (χ4n) is 3.40. The van der Waals surface area contributed by atoms with Gasteiger partial charge in [-0.1, -0.05) is 18.6 Å². The number of nitrogens with two attached hydrogens (primary N) is 1.